The number of nitro benzene ring substituents is 1. The highest BCUT2D eigenvalue weighted by atomic mass is 32.2. The number of anilines is 1. The molecule has 11 heteroatoms. The molecule has 1 fully saturated rings. The fraction of sp³-hybridized carbons (Fsp3) is 0.160. The van der Waals surface area contributed by atoms with Gasteiger partial charge in [-0.2, -0.15) is 0 Å². The van der Waals surface area contributed by atoms with Crippen LogP contribution in [-0.4, -0.2) is 32.6 Å². The fourth-order valence-electron chi connectivity index (χ4n) is 4.15. The molecular weight excluding hydrogens is 488 g/mol. The van der Waals surface area contributed by atoms with Crippen LogP contribution in [0.3, 0.4) is 0 Å². The molecule has 184 valence electrons. The maximum Gasteiger partial charge on any atom is 0.271 e. The zero-order valence-electron chi connectivity index (χ0n) is 19.0. The largest absolute Gasteiger partial charge is 0.494 e. The van der Waals surface area contributed by atoms with Crippen LogP contribution in [0.1, 0.15) is 23.4 Å². The van der Waals surface area contributed by atoms with Crippen molar-refractivity contribution in [2.45, 2.75) is 12.3 Å². The highest BCUT2D eigenvalue weighted by Gasteiger charge is 2.50. The van der Waals surface area contributed by atoms with E-state index >= 15 is 0 Å². The highest BCUT2D eigenvalue weighted by Crippen LogP contribution is 2.45. The van der Waals surface area contributed by atoms with Gasteiger partial charge in [-0.1, -0.05) is 18.2 Å². The monoisotopic (exact) mass is 508 g/mol. The molecule has 1 atom stereocenters. The first-order chi connectivity index (χ1) is 17.3. The van der Waals surface area contributed by atoms with Crippen LogP contribution in [0.5, 0.6) is 17.2 Å². The molecule has 5 rings (SSSR count). The summed E-state index contributed by atoms with van der Waals surface area (Å²) in [5.41, 5.74) is 0.547. The summed E-state index contributed by atoms with van der Waals surface area (Å²) in [5, 5.41) is 9.87. The Bertz CT molecular complexity index is 1500. The molecule has 2 heterocycles. The van der Waals surface area contributed by atoms with Crippen LogP contribution in [0.25, 0.3) is 6.08 Å². The summed E-state index contributed by atoms with van der Waals surface area (Å²) in [5.74, 6) is 0.751. The maximum atomic E-state index is 13.8. The van der Waals surface area contributed by atoms with E-state index in [9.17, 15) is 23.3 Å². The Morgan fingerprint density at radius 3 is 2.56 bits per heavy atom. The number of hydrogen-bond acceptors (Lipinski definition) is 8. The van der Waals surface area contributed by atoms with E-state index < -0.39 is 30.9 Å². The van der Waals surface area contributed by atoms with Crippen molar-refractivity contribution in [3.8, 4) is 17.2 Å². The summed E-state index contributed by atoms with van der Waals surface area (Å²) in [4.78, 5) is 25.1. The molecule has 1 saturated heterocycles. The Labute approximate surface area is 206 Å². The van der Waals surface area contributed by atoms with Crippen molar-refractivity contribution in [1.29, 1.82) is 0 Å². The third-order valence-corrected chi connectivity index (χ3v) is 7.73. The van der Waals surface area contributed by atoms with E-state index in [-0.39, 0.29) is 18.0 Å². The van der Waals surface area contributed by atoms with Crippen molar-refractivity contribution in [3.63, 3.8) is 0 Å². The van der Waals surface area contributed by atoms with Crippen LogP contribution in [0.2, 0.25) is 0 Å². The summed E-state index contributed by atoms with van der Waals surface area (Å²) in [6.07, 6.45) is 1.28. The predicted molar refractivity (Wildman–Crippen MR) is 130 cm³/mol. The van der Waals surface area contributed by atoms with Crippen molar-refractivity contribution in [1.82, 2.24) is 0 Å². The topological polar surface area (TPSA) is 125 Å². The molecule has 36 heavy (non-hydrogen) atoms. The van der Waals surface area contributed by atoms with Gasteiger partial charge in [0.1, 0.15) is 10.7 Å². The Balaban J connectivity index is 1.65. The van der Waals surface area contributed by atoms with Gasteiger partial charge in [0, 0.05) is 17.8 Å². The van der Waals surface area contributed by atoms with Gasteiger partial charge in [-0.25, -0.2) is 8.42 Å². The number of nitrogens with zero attached hydrogens (tertiary/aromatic N) is 2. The number of fused-ring (bicyclic) bond motifs is 1. The van der Waals surface area contributed by atoms with Gasteiger partial charge < -0.3 is 14.2 Å². The number of non-ortho nitro benzene ring substituents is 1. The Morgan fingerprint density at radius 2 is 1.83 bits per heavy atom. The number of benzene rings is 3. The predicted octanol–water partition coefficient (Wildman–Crippen LogP) is 4.22. The number of sulfone groups is 1. The van der Waals surface area contributed by atoms with E-state index in [1.807, 2.05) is 6.92 Å². The molecule has 0 N–H and O–H groups in total. The Hall–Kier alpha value is -4.38. The van der Waals surface area contributed by atoms with Crippen molar-refractivity contribution < 1.29 is 32.3 Å². The van der Waals surface area contributed by atoms with E-state index in [0.29, 0.717) is 35.1 Å². The average molecular weight is 509 g/mol. The molecule has 10 nitrogen and oxygen atoms in total. The lowest BCUT2D eigenvalue weighted by Gasteiger charge is -2.23. The van der Waals surface area contributed by atoms with Crippen molar-refractivity contribution >= 4 is 33.2 Å². The van der Waals surface area contributed by atoms with Crippen LogP contribution in [0, 0.1) is 10.1 Å². The van der Waals surface area contributed by atoms with E-state index in [0.717, 1.165) is 4.90 Å². The molecule has 0 aromatic heterocycles. The van der Waals surface area contributed by atoms with Gasteiger partial charge in [0.15, 0.2) is 16.9 Å². The lowest BCUT2D eigenvalue weighted by molar-refractivity contribution is -0.384. The summed E-state index contributed by atoms with van der Waals surface area (Å²) in [6.45, 7) is 2.32. The van der Waals surface area contributed by atoms with Crippen LogP contribution in [0.4, 0.5) is 11.4 Å². The molecule has 0 aliphatic carbocycles. The summed E-state index contributed by atoms with van der Waals surface area (Å²) in [6, 6.07) is 16.5. The number of hydrogen-bond donors (Lipinski definition) is 0. The number of nitro groups is 1. The normalized spacial score (nSPS) is 19.0. The molecule has 0 bridgehead atoms. The third-order valence-electron chi connectivity index (χ3n) is 5.75. The first-order valence-electron chi connectivity index (χ1n) is 11.0. The smallest absolute Gasteiger partial charge is 0.271 e. The van der Waals surface area contributed by atoms with Gasteiger partial charge in [-0.05, 0) is 60.5 Å². The molecule has 1 amide bonds. The minimum atomic E-state index is -4.29. The fourth-order valence-corrected chi connectivity index (χ4v) is 6.03. The number of carbonyl (C=O) groups excluding carboxylic acids is 1. The molecule has 0 saturated carbocycles. The van der Waals surface area contributed by atoms with E-state index in [4.69, 9.17) is 14.2 Å². The van der Waals surface area contributed by atoms with Gasteiger partial charge in [0.2, 0.25) is 16.6 Å². The van der Waals surface area contributed by atoms with Crippen LogP contribution in [0.15, 0.2) is 71.6 Å². The molecule has 3 aromatic rings. The highest BCUT2D eigenvalue weighted by molar-refractivity contribution is 7.97. The van der Waals surface area contributed by atoms with Gasteiger partial charge in [-0.3, -0.25) is 19.8 Å². The molecule has 1 unspecified atom stereocenters. The number of carbonyl (C=O) groups is 1. The molecule has 3 aromatic carbocycles. The zero-order chi connectivity index (χ0) is 25.4. The standard InChI is InChI=1S/C25H20N2O8S/c1-2-33-20-9-7-18(8-10-20)26-24(28)23(13-16-6-11-21-22(12-16)35-15-34-21)36(31,32)25(26)17-4-3-5-19(14-17)27(29)30/h3-14,25H,2,15H2,1H3/b23-13+. The van der Waals surface area contributed by atoms with E-state index in [2.05, 4.69) is 0 Å². The summed E-state index contributed by atoms with van der Waals surface area (Å²) in [7, 11) is -4.29. The van der Waals surface area contributed by atoms with E-state index in [1.54, 1.807) is 42.5 Å². The summed E-state index contributed by atoms with van der Waals surface area (Å²) >= 11 is 0. The number of ether oxygens (including phenoxy) is 3. The molecule has 2 aliphatic rings. The van der Waals surface area contributed by atoms with Crippen LogP contribution >= 0.6 is 0 Å². The molecule has 0 spiro atoms. The van der Waals surface area contributed by atoms with Crippen LogP contribution < -0.4 is 19.1 Å². The lowest BCUT2D eigenvalue weighted by atomic mass is 10.1. The van der Waals surface area contributed by atoms with Gasteiger partial charge in [0.05, 0.1) is 11.5 Å². The minimum Gasteiger partial charge on any atom is -0.494 e. The first kappa shape index (κ1) is 23.4. The molecular formula is C25H20N2O8S. The zero-order valence-corrected chi connectivity index (χ0v) is 19.8. The maximum absolute atomic E-state index is 13.8. The van der Waals surface area contributed by atoms with Crippen molar-refractivity contribution in [3.05, 3.63) is 92.9 Å². The Kier molecular flexibility index (Phi) is 5.84. The third kappa shape index (κ3) is 4.03. The lowest BCUT2D eigenvalue weighted by Crippen LogP contribution is -2.29. The second kappa shape index (κ2) is 9.00. The second-order valence-electron chi connectivity index (χ2n) is 7.97. The second-order valence-corrected chi connectivity index (χ2v) is 9.95. The quantitative estimate of drug-likeness (QED) is 0.275. The van der Waals surface area contributed by atoms with Gasteiger partial charge >= 0.3 is 0 Å². The van der Waals surface area contributed by atoms with Crippen molar-refractivity contribution in [2.75, 3.05) is 18.3 Å². The van der Waals surface area contributed by atoms with Crippen molar-refractivity contribution in [2.24, 2.45) is 0 Å². The van der Waals surface area contributed by atoms with Crippen LogP contribution in [-0.2, 0) is 14.6 Å². The first-order valence-corrected chi connectivity index (χ1v) is 12.5. The van der Waals surface area contributed by atoms with E-state index in [1.165, 1.54) is 30.3 Å². The van der Waals surface area contributed by atoms with Gasteiger partial charge in [0.25, 0.3) is 11.6 Å². The molecule has 0 radical (unpaired) electrons. The number of amides is 1. The summed E-state index contributed by atoms with van der Waals surface area (Å²) < 4.78 is 43.7. The van der Waals surface area contributed by atoms with Gasteiger partial charge in [-0.15, -0.1) is 0 Å². The number of rotatable bonds is 6. The average Bonchev–Trinajstić information content (AvgIpc) is 3.41. The minimum absolute atomic E-state index is 0.0486. The molecule has 2 aliphatic heterocycles. The Morgan fingerprint density at radius 1 is 1.08 bits per heavy atom. The SMILES string of the molecule is CCOc1ccc(N2C(=O)/C(=C\c3ccc4c(c3)OCO4)S(=O)(=O)C2c2cccc([N+](=O)[O-])c2)cc1.